The summed E-state index contributed by atoms with van der Waals surface area (Å²) in [4.78, 5) is 46.1. The number of hydrogen-bond acceptors (Lipinski definition) is 6. The number of carboxylic acid groups (broad SMARTS) is 1. The highest BCUT2D eigenvalue weighted by atomic mass is 16.4. The van der Waals surface area contributed by atoms with Crippen LogP contribution in [0.15, 0.2) is 65.3 Å². The van der Waals surface area contributed by atoms with Gasteiger partial charge in [-0.1, -0.05) is 36.4 Å². The first-order chi connectivity index (χ1) is 19.3. The van der Waals surface area contributed by atoms with Crippen molar-refractivity contribution in [2.24, 2.45) is 0 Å². The number of likely N-dealkylation sites (tertiary alicyclic amines) is 2. The van der Waals surface area contributed by atoms with Gasteiger partial charge in [-0.2, -0.15) is 0 Å². The van der Waals surface area contributed by atoms with Gasteiger partial charge in [0.25, 0.3) is 11.8 Å². The van der Waals surface area contributed by atoms with Crippen LogP contribution in [0.3, 0.4) is 0 Å². The molecule has 2 aliphatic rings. The first kappa shape index (κ1) is 27.4. The van der Waals surface area contributed by atoms with Crippen LogP contribution >= 0.6 is 0 Å². The Bertz CT molecular complexity index is 1360. The molecule has 3 heterocycles. The third-order valence-corrected chi connectivity index (χ3v) is 7.77. The average Bonchev–Trinajstić information content (AvgIpc) is 3.73. The van der Waals surface area contributed by atoms with E-state index in [4.69, 9.17) is 4.42 Å². The Hall–Kier alpha value is -4.18. The Kier molecular flexibility index (Phi) is 8.16. The maximum Gasteiger partial charge on any atom is 0.407 e. The third-order valence-electron chi connectivity index (χ3n) is 7.77. The van der Waals surface area contributed by atoms with Crippen molar-refractivity contribution in [3.63, 3.8) is 0 Å². The van der Waals surface area contributed by atoms with Crippen LogP contribution in [0.1, 0.15) is 69.6 Å². The Morgan fingerprint density at radius 3 is 2.48 bits per heavy atom. The quantitative estimate of drug-likeness (QED) is 0.391. The molecule has 5 rings (SSSR count). The third kappa shape index (κ3) is 5.86. The monoisotopic (exact) mass is 546 g/mol. The van der Waals surface area contributed by atoms with Crippen molar-refractivity contribution in [3.8, 4) is 0 Å². The average molecular weight is 547 g/mol. The van der Waals surface area contributed by atoms with Gasteiger partial charge in [-0.05, 0) is 62.8 Å². The van der Waals surface area contributed by atoms with Crippen LogP contribution in [0.5, 0.6) is 0 Å². The minimum atomic E-state index is -1.11. The van der Waals surface area contributed by atoms with Gasteiger partial charge in [0.15, 0.2) is 0 Å². The molecule has 40 heavy (non-hydrogen) atoms. The highest BCUT2D eigenvalue weighted by Crippen LogP contribution is 2.33. The molecular weight excluding hydrogens is 512 g/mol. The van der Waals surface area contributed by atoms with Crippen molar-refractivity contribution < 1.29 is 29.0 Å². The molecule has 3 N–H and O–H groups in total. The zero-order chi connectivity index (χ0) is 28.2. The summed E-state index contributed by atoms with van der Waals surface area (Å²) < 4.78 is 5.57. The molecular formula is C30H34N4O6. The van der Waals surface area contributed by atoms with Gasteiger partial charge in [0.2, 0.25) is 5.89 Å². The van der Waals surface area contributed by atoms with E-state index in [1.807, 2.05) is 37.3 Å². The summed E-state index contributed by atoms with van der Waals surface area (Å²) in [5, 5.41) is 23.9. The molecule has 2 fully saturated rings. The lowest BCUT2D eigenvalue weighted by Gasteiger charge is -2.32. The lowest BCUT2D eigenvalue weighted by atomic mass is 9.94. The molecule has 0 saturated carbocycles. The van der Waals surface area contributed by atoms with E-state index >= 15 is 0 Å². The Labute approximate surface area is 232 Å². The van der Waals surface area contributed by atoms with Gasteiger partial charge in [0.05, 0.1) is 23.9 Å². The van der Waals surface area contributed by atoms with Crippen molar-refractivity contribution in [1.29, 1.82) is 0 Å². The highest BCUT2D eigenvalue weighted by Gasteiger charge is 2.39. The standard InChI is InChI=1S/C30H34N4O6/c1-19-18-40-28(31-19)25-13-7-14-33(25)29(37)22-11-5-10-21(17-22)27(36)32-23(16-20-8-3-2-4-9-20)26(35)24-12-6-15-34(24)30(38)39/h2-5,8-11,17-18,23-26,35H,6-7,12-16H2,1H3,(H,32,36)(H,38,39)/t23-,24?,25+,26-/m0/s1. The van der Waals surface area contributed by atoms with Crippen LogP contribution in [0.25, 0.3) is 0 Å². The van der Waals surface area contributed by atoms with E-state index < -0.39 is 30.2 Å². The number of carbonyl (C=O) groups excluding carboxylic acids is 2. The molecule has 210 valence electrons. The van der Waals surface area contributed by atoms with Gasteiger partial charge in [0.1, 0.15) is 12.3 Å². The number of aryl methyl sites for hydroxylation is 1. The van der Waals surface area contributed by atoms with Crippen molar-refractivity contribution in [1.82, 2.24) is 20.1 Å². The van der Waals surface area contributed by atoms with E-state index in [2.05, 4.69) is 10.3 Å². The van der Waals surface area contributed by atoms with E-state index in [9.17, 15) is 24.6 Å². The Morgan fingerprint density at radius 2 is 1.75 bits per heavy atom. The van der Waals surface area contributed by atoms with Gasteiger partial charge < -0.3 is 29.7 Å². The Balaban J connectivity index is 1.35. The summed E-state index contributed by atoms with van der Waals surface area (Å²) >= 11 is 0. The van der Waals surface area contributed by atoms with E-state index in [-0.39, 0.29) is 17.5 Å². The van der Waals surface area contributed by atoms with Gasteiger partial charge in [-0.3, -0.25) is 9.59 Å². The fraction of sp³-hybridized carbons (Fsp3) is 0.400. The Morgan fingerprint density at radius 1 is 1.02 bits per heavy atom. The topological polar surface area (TPSA) is 136 Å². The summed E-state index contributed by atoms with van der Waals surface area (Å²) in [6, 6.07) is 14.3. The van der Waals surface area contributed by atoms with Crippen LogP contribution in [-0.2, 0) is 6.42 Å². The lowest BCUT2D eigenvalue weighted by molar-refractivity contribution is 0.0412. The smallest absolute Gasteiger partial charge is 0.407 e. The van der Waals surface area contributed by atoms with Gasteiger partial charge in [-0.15, -0.1) is 0 Å². The number of benzene rings is 2. The SMILES string of the molecule is Cc1coc([C@H]2CCCN2C(=O)c2cccc(C(=O)N[C@@H](Cc3ccccc3)[C@H](O)C3CCCN3C(=O)O)c2)n1. The fourth-order valence-corrected chi connectivity index (χ4v) is 5.78. The second kappa shape index (κ2) is 11.9. The number of hydrogen-bond donors (Lipinski definition) is 3. The van der Waals surface area contributed by atoms with E-state index in [1.165, 1.54) is 4.90 Å². The number of aliphatic hydroxyl groups excluding tert-OH is 1. The van der Waals surface area contributed by atoms with Crippen LogP contribution in [-0.4, -0.2) is 74.2 Å². The number of rotatable bonds is 8. The van der Waals surface area contributed by atoms with Crippen molar-refractivity contribution in [3.05, 3.63) is 89.1 Å². The summed E-state index contributed by atoms with van der Waals surface area (Å²) in [6.45, 7) is 2.75. The number of oxazole rings is 1. The fourth-order valence-electron chi connectivity index (χ4n) is 5.78. The zero-order valence-electron chi connectivity index (χ0n) is 22.4. The maximum absolute atomic E-state index is 13.5. The minimum absolute atomic E-state index is 0.211. The van der Waals surface area contributed by atoms with Crippen LogP contribution < -0.4 is 5.32 Å². The summed E-state index contributed by atoms with van der Waals surface area (Å²) in [7, 11) is 0. The molecule has 2 saturated heterocycles. The minimum Gasteiger partial charge on any atom is -0.465 e. The molecule has 3 aromatic rings. The van der Waals surface area contributed by atoms with Crippen molar-refractivity contribution in [2.75, 3.05) is 13.1 Å². The molecule has 0 radical (unpaired) electrons. The molecule has 0 aliphatic carbocycles. The number of amides is 3. The number of nitrogens with zero attached hydrogens (tertiary/aromatic N) is 3. The highest BCUT2D eigenvalue weighted by molar-refractivity contribution is 6.00. The molecule has 0 spiro atoms. The van der Waals surface area contributed by atoms with E-state index in [0.29, 0.717) is 43.8 Å². The van der Waals surface area contributed by atoms with Crippen LogP contribution in [0.2, 0.25) is 0 Å². The summed E-state index contributed by atoms with van der Waals surface area (Å²) in [6.07, 6.45) is 2.43. The van der Waals surface area contributed by atoms with E-state index in [0.717, 1.165) is 24.1 Å². The molecule has 10 heteroatoms. The summed E-state index contributed by atoms with van der Waals surface area (Å²) in [5.74, 6) is -0.148. The van der Waals surface area contributed by atoms with Crippen LogP contribution in [0, 0.1) is 6.92 Å². The second-order valence-corrected chi connectivity index (χ2v) is 10.5. The number of aromatic nitrogens is 1. The maximum atomic E-state index is 13.5. The number of nitrogens with one attached hydrogen (secondary N) is 1. The molecule has 1 unspecified atom stereocenters. The molecule has 1 aromatic heterocycles. The van der Waals surface area contributed by atoms with Crippen LogP contribution in [0.4, 0.5) is 4.79 Å². The van der Waals surface area contributed by atoms with Gasteiger partial charge in [-0.25, -0.2) is 9.78 Å². The number of aliphatic hydroxyl groups is 1. The van der Waals surface area contributed by atoms with Crippen molar-refractivity contribution in [2.45, 2.75) is 63.3 Å². The predicted octanol–water partition coefficient (Wildman–Crippen LogP) is 3.80. The molecule has 10 nitrogen and oxygen atoms in total. The normalized spacial score (nSPS) is 20.4. The van der Waals surface area contributed by atoms with Gasteiger partial charge >= 0.3 is 6.09 Å². The van der Waals surface area contributed by atoms with E-state index in [1.54, 1.807) is 35.4 Å². The second-order valence-electron chi connectivity index (χ2n) is 10.5. The molecule has 2 aromatic carbocycles. The molecule has 2 aliphatic heterocycles. The molecule has 3 amide bonds. The predicted molar refractivity (Wildman–Crippen MR) is 146 cm³/mol. The number of carbonyl (C=O) groups is 3. The van der Waals surface area contributed by atoms with Crippen molar-refractivity contribution >= 4 is 17.9 Å². The molecule has 0 bridgehead atoms. The lowest BCUT2D eigenvalue weighted by Crippen LogP contribution is -2.54. The first-order valence-electron chi connectivity index (χ1n) is 13.7. The largest absolute Gasteiger partial charge is 0.465 e. The zero-order valence-corrected chi connectivity index (χ0v) is 22.4. The molecule has 4 atom stereocenters. The van der Waals surface area contributed by atoms with Gasteiger partial charge in [0, 0.05) is 24.2 Å². The summed E-state index contributed by atoms with van der Waals surface area (Å²) in [5.41, 5.74) is 2.30. The first-order valence-corrected chi connectivity index (χ1v) is 13.7.